The Balaban J connectivity index is 2.06. The molecular weight excluding hydrogens is 410 g/mol. The number of hydrogen-bond acceptors (Lipinski definition) is 8. The molecule has 0 fully saturated rings. The fraction of sp³-hybridized carbons (Fsp3) is 0.474. The van der Waals surface area contributed by atoms with Crippen molar-refractivity contribution in [3.8, 4) is 0 Å². The van der Waals surface area contributed by atoms with Crippen molar-refractivity contribution in [3.05, 3.63) is 29.3 Å². The van der Waals surface area contributed by atoms with Gasteiger partial charge in [0.05, 0.1) is 5.75 Å². The van der Waals surface area contributed by atoms with Gasteiger partial charge in [-0.1, -0.05) is 17.7 Å². The molecule has 0 saturated carbocycles. The smallest absolute Gasteiger partial charge is 0.248 e. The number of hydrazine groups is 1. The molecule has 158 valence electrons. The Labute approximate surface area is 181 Å². The van der Waals surface area contributed by atoms with Gasteiger partial charge >= 0.3 is 0 Å². The molecule has 2 aromatic rings. The van der Waals surface area contributed by atoms with E-state index in [1.54, 1.807) is 6.07 Å². The van der Waals surface area contributed by atoms with E-state index in [4.69, 9.17) is 11.6 Å². The van der Waals surface area contributed by atoms with Crippen molar-refractivity contribution in [2.24, 2.45) is 0 Å². The Kier molecular flexibility index (Phi) is 9.27. The van der Waals surface area contributed by atoms with E-state index in [1.807, 2.05) is 55.7 Å². The fourth-order valence-corrected chi connectivity index (χ4v) is 3.58. The van der Waals surface area contributed by atoms with Crippen molar-refractivity contribution in [2.45, 2.75) is 32.6 Å². The van der Waals surface area contributed by atoms with Gasteiger partial charge in [0.2, 0.25) is 23.8 Å². The van der Waals surface area contributed by atoms with Crippen LogP contribution in [-0.4, -0.2) is 52.8 Å². The van der Waals surface area contributed by atoms with Crippen LogP contribution >= 0.6 is 23.4 Å². The number of thioether (sulfide) groups is 1. The van der Waals surface area contributed by atoms with Gasteiger partial charge in [0, 0.05) is 36.1 Å². The summed E-state index contributed by atoms with van der Waals surface area (Å²) in [7, 11) is 0. The number of nitrogens with zero attached hydrogens (tertiary/aromatic N) is 5. The molecule has 0 aliphatic carbocycles. The quantitative estimate of drug-likeness (QED) is 0.408. The Morgan fingerprint density at radius 3 is 2.10 bits per heavy atom. The molecule has 1 aromatic carbocycles. The third kappa shape index (κ3) is 6.93. The van der Waals surface area contributed by atoms with Crippen molar-refractivity contribution < 1.29 is 4.79 Å². The molecule has 0 atom stereocenters. The topological polar surface area (TPSA) is 86.3 Å². The molecule has 29 heavy (non-hydrogen) atoms. The van der Waals surface area contributed by atoms with Gasteiger partial charge in [0.25, 0.3) is 0 Å². The lowest BCUT2D eigenvalue weighted by Gasteiger charge is -2.23. The van der Waals surface area contributed by atoms with E-state index in [2.05, 4.69) is 25.8 Å². The number of aromatic nitrogens is 3. The minimum atomic E-state index is -0.191. The van der Waals surface area contributed by atoms with Gasteiger partial charge in [-0.05, 0) is 45.9 Å². The minimum Gasteiger partial charge on any atom is -0.341 e. The zero-order valence-corrected chi connectivity index (χ0v) is 18.8. The van der Waals surface area contributed by atoms with Gasteiger partial charge in [0.15, 0.2) is 0 Å². The molecule has 0 spiro atoms. The molecule has 10 heteroatoms. The zero-order chi connectivity index (χ0) is 21.2. The maximum absolute atomic E-state index is 12.2. The molecule has 2 N–H and O–H groups in total. The fourth-order valence-electron chi connectivity index (χ4n) is 2.57. The molecular formula is C19H28ClN7OS. The molecule has 0 aliphatic heterocycles. The Bertz CT molecular complexity index is 770. The number of halogens is 1. The Morgan fingerprint density at radius 1 is 1.00 bits per heavy atom. The minimum absolute atomic E-state index is 0.191. The van der Waals surface area contributed by atoms with Crippen LogP contribution in [0.25, 0.3) is 0 Å². The van der Waals surface area contributed by atoms with Gasteiger partial charge in [-0.15, -0.1) is 11.8 Å². The van der Waals surface area contributed by atoms with Gasteiger partial charge in [-0.3, -0.25) is 15.6 Å². The van der Waals surface area contributed by atoms with Crippen LogP contribution in [0.1, 0.15) is 27.7 Å². The van der Waals surface area contributed by atoms with Gasteiger partial charge in [-0.25, -0.2) is 0 Å². The average Bonchev–Trinajstić information content (AvgIpc) is 2.72. The molecule has 0 aliphatic rings. The van der Waals surface area contributed by atoms with Crippen molar-refractivity contribution in [1.29, 1.82) is 0 Å². The predicted octanol–water partition coefficient (Wildman–Crippen LogP) is 3.45. The number of benzene rings is 1. The van der Waals surface area contributed by atoms with Crippen LogP contribution in [0.15, 0.2) is 29.2 Å². The first kappa shape index (κ1) is 23.0. The number of rotatable bonds is 11. The van der Waals surface area contributed by atoms with E-state index in [-0.39, 0.29) is 11.7 Å². The monoisotopic (exact) mass is 437 g/mol. The van der Waals surface area contributed by atoms with Crippen LogP contribution in [0.5, 0.6) is 0 Å². The summed E-state index contributed by atoms with van der Waals surface area (Å²) in [5, 5.41) is 0.645. The number of amides is 1. The van der Waals surface area contributed by atoms with Crippen molar-refractivity contribution in [1.82, 2.24) is 20.4 Å². The molecule has 1 heterocycles. The lowest BCUT2D eigenvalue weighted by atomic mass is 10.4. The summed E-state index contributed by atoms with van der Waals surface area (Å²) in [6.45, 7) is 11.3. The second kappa shape index (κ2) is 11.7. The Morgan fingerprint density at radius 2 is 1.59 bits per heavy atom. The highest BCUT2D eigenvalue weighted by molar-refractivity contribution is 8.00. The SMILES string of the molecule is CCN(CC)c1nc(NNC(=O)CSc2cccc(Cl)c2)nc(N(CC)CC)n1. The molecule has 8 nitrogen and oxygen atoms in total. The van der Waals surface area contributed by atoms with Crippen LogP contribution < -0.4 is 20.7 Å². The number of nitrogens with one attached hydrogen (secondary N) is 2. The highest BCUT2D eigenvalue weighted by Crippen LogP contribution is 2.21. The van der Waals surface area contributed by atoms with Gasteiger partial charge in [0.1, 0.15) is 0 Å². The summed E-state index contributed by atoms with van der Waals surface area (Å²) < 4.78 is 0. The van der Waals surface area contributed by atoms with Crippen molar-refractivity contribution in [3.63, 3.8) is 0 Å². The Hall–Kier alpha value is -2.26. The zero-order valence-electron chi connectivity index (χ0n) is 17.3. The predicted molar refractivity (Wildman–Crippen MR) is 121 cm³/mol. The van der Waals surface area contributed by atoms with Crippen molar-refractivity contribution in [2.75, 3.05) is 47.2 Å². The largest absolute Gasteiger partial charge is 0.341 e. The van der Waals surface area contributed by atoms with E-state index in [9.17, 15) is 4.79 Å². The van der Waals surface area contributed by atoms with Crippen LogP contribution in [0, 0.1) is 0 Å². The first-order valence-electron chi connectivity index (χ1n) is 9.69. The van der Waals surface area contributed by atoms with E-state index >= 15 is 0 Å². The molecule has 1 aromatic heterocycles. The number of carbonyl (C=O) groups excluding carboxylic acids is 1. The first-order valence-corrected chi connectivity index (χ1v) is 11.1. The van der Waals surface area contributed by atoms with Crippen LogP contribution in [0.4, 0.5) is 17.8 Å². The molecule has 1 amide bonds. The van der Waals surface area contributed by atoms with Crippen molar-refractivity contribution >= 4 is 47.1 Å². The summed E-state index contributed by atoms with van der Waals surface area (Å²) in [6, 6.07) is 7.39. The summed E-state index contributed by atoms with van der Waals surface area (Å²) in [6.07, 6.45) is 0. The maximum atomic E-state index is 12.2. The molecule has 0 saturated heterocycles. The highest BCUT2D eigenvalue weighted by Gasteiger charge is 2.15. The number of hydrogen-bond donors (Lipinski definition) is 2. The second-order valence-electron chi connectivity index (χ2n) is 6.02. The normalized spacial score (nSPS) is 10.5. The molecule has 0 radical (unpaired) electrons. The number of carbonyl (C=O) groups is 1. The molecule has 2 rings (SSSR count). The first-order chi connectivity index (χ1) is 14.0. The highest BCUT2D eigenvalue weighted by atomic mass is 35.5. The van der Waals surface area contributed by atoms with E-state index < -0.39 is 0 Å². The lowest BCUT2D eigenvalue weighted by Crippen LogP contribution is -2.34. The third-order valence-corrected chi connectivity index (χ3v) is 5.41. The van der Waals surface area contributed by atoms with Gasteiger partial charge < -0.3 is 9.80 Å². The summed E-state index contributed by atoms with van der Waals surface area (Å²) in [5.41, 5.74) is 5.48. The van der Waals surface area contributed by atoms with Gasteiger partial charge in [-0.2, -0.15) is 15.0 Å². The summed E-state index contributed by atoms with van der Waals surface area (Å²) in [5.74, 6) is 1.52. The summed E-state index contributed by atoms with van der Waals surface area (Å²) >= 11 is 7.38. The third-order valence-electron chi connectivity index (χ3n) is 4.18. The standard InChI is InChI=1S/C19H28ClN7OS/c1-5-26(6-2)18-21-17(22-19(23-18)27(7-3)8-4)25-24-16(28)13-29-15-11-9-10-14(20)12-15/h9-12H,5-8,13H2,1-4H3,(H,24,28)(H,21,22,23,25). The second-order valence-corrected chi connectivity index (χ2v) is 7.51. The summed E-state index contributed by atoms with van der Waals surface area (Å²) in [4.78, 5) is 30.7. The van der Waals surface area contributed by atoms with E-state index in [1.165, 1.54) is 11.8 Å². The average molecular weight is 438 g/mol. The van der Waals surface area contributed by atoms with E-state index in [0.29, 0.717) is 22.9 Å². The molecule has 0 bridgehead atoms. The van der Waals surface area contributed by atoms with E-state index in [0.717, 1.165) is 31.1 Å². The maximum Gasteiger partial charge on any atom is 0.248 e. The van der Waals surface area contributed by atoms with Crippen LogP contribution in [0.2, 0.25) is 5.02 Å². The van der Waals surface area contributed by atoms with Crippen LogP contribution in [0.3, 0.4) is 0 Å². The molecule has 0 unspecified atom stereocenters. The number of anilines is 3. The van der Waals surface area contributed by atoms with Crippen LogP contribution in [-0.2, 0) is 4.79 Å². The lowest BCUT2D eigenvalue weighted by molar-refractivity contribution is -0.118.